The molecule has 3 nitrogen and oxygen atoms in total. The fourth-order valence-electron chi connectivity index (χ4n) is 3.18. The van der Waals surface area contributed by atoms with Gasteiger partial charge in [0.25, 0.3) is 0 Å². The molecule has 0 amide bonds. The van der Waals surface area contributed by atoms with E-state index in [9.17, 15) is 0 Å². The Morgan fingerprint density at radius 1 is 1.27 bits per heavy atom. The van der Waals surface area contributed by atoms with Gasteiger partial charge in [-0.25, -0.2) is 0 Å². The van der Waals surface area contributed by atoms with E-state index >= 15 is 0 Å². The molecule has 0 bridgehead atoms. The molecular weight excluding hydrogens is 186 g/mol. The SMILES string of the molecule is CN1CCn2cccc2C12CCNCC2. The third kappa shape index (κ3) is 1.26. The van der Waals surface area contributed by atoms with E-state index in [1.165, 1.54) is 25.1 Å². The highest BCUT2D eigenvalue weighted by atomic mass is 15.3. The van der Waals surface area contributed by atoms with Gasteiger partial charge in [0.05, 0.1) is 5.54 Å². The Morgan fingerprint density at radius 3 is 2.87 bits per heavy atom. The zero-order valence-electron chi connectivity index (χ0n) is 9.37. The summed E-state index contributed by atoms with van der Waals surface area (Å²) in [5.41, 5.74) is 1.84. The summed E-state index contributed by atoms with van der Waals surface area (Å²) in [6, 6.07) is 4.50. The van der Waals surface area contributed by atoms with Crippen LogP contribution in [-0.2, 0) is 12.1 Å². The van der Waals surface area contributed by atoms with Gasteiger partial charge in [-0.2, -0.15) is 0 Å². The first-order chi connectivity index (χ1) is 7.33. The van der Waals surface area contributed by atoms with Gasteiger partial charge in [0.2, 0.25) is 0 Å². The summed E-state index contributed by atoms with van der Waals surface area (Å²) in [7, 11) is 2.28. The maximum absolute atomic E-state index is 3.46. The standard InChI is InChI=1S/C12H19N3/c1-14-9-10-15-8-2-3-11(15)12(14)4-6-13-7-5-12/h2-3,8,13H,4-7,9-10H2,1H3. The van der Waals surface area contributed by atoms with Crippen molar-refractivity contribution in [2.45, 2.75) is 24.9 Å². The predicted octanol–water partition coefficient (Wildman–Crippen LogP) is 1.01. The monoisotopic (exact) mass is 205 g/mol. The Bertz CT molecular complexity index is 350. The van der Waals surface area contributed by atoms with Crippen molar-refractivity contribution in [2.75, 3.05) is 26.7 Å². The summed E-state index contributed by atoms with van der Waals surface area (Å²) in [6.07, 6.45) is 4.72. The smallest absolute Gasteiger partial charge is 0.0635 e. The molecule has 1 spiro atoms. The van der Waals surface area contributed by atoms with Crippen LogP contribution in [-0.4, -0.2) is 36.1 Å². The van der Waals surface area contributed by atoms with E-state index in [1.54, 1.807) is 0 Å². The van der Waals surface area contributed by atoms with Crippen LogP contribution in [0, 0.1) is 0 Å². The van der Waals surface area contributed by atoms with Crippen LogP contribution in [0.3, 0.4) is 0 Å². The molecule has 1 fully saturated rings. The van der Waals surface area contributed by atoms with Gasteiger partial charge >= 0.3 is 0 Å². The molecule has 2 aliphatic rings. The van der Waals surface area contributed by atoms with Gasteiger partial charge in [-0.05, 0) is 45.1 Å². The highest BCUT2D eigenvalue weighted by Crippen LogP contribution is 2.38. The van der Waals surface area contributed by atoms with Crippen LogP contribution >= 0.6 is 0 Å². The molecule has 1 saturated heterocycles. The summed E-state index contributed by atoms with van der Waals surface area (Å²) in [6.45, 7) is 4.63. The number of aromatic nitrogens is 1. The Hall–Kier alpha value is -0.800. The molecule has 0 aromatic carbocycles. The third-order valence-corrected chi connectivity index (χ3v) is 4.14. The van der Waals surface area contributed by atoms with Gasteiger partial charge in [-0.15, -0.1) is 0 Å². The van der Waals surface area contributed by atoms with Crippen LogP contribution in [0.2, 0.25) is 0 Å². The molecule has 0 unspecified atom stereocenters. The van der Waals surface area contributed by atoms with E-state index in [0.717, 1.165) is 19.6 Å². The zero-order valence-corrected chi connectivity index (χ0v) is 9.37. The molecule has 0 aliphatic carbocycles. The van der Waals surface area contributed by atoms with Gasteiger partial charge in [0, 0.05) is 25.0 Å². The Kier molecular flexibility index (Phi) is 2.11. The molecule has 3 heteroatoms. The second-order valence-electron chi connectivity index (χ2n) is 4.79. The molecule has 82 valence electrons. The topological polar surface area (TPSA) is 20.2 Å². The number of nitrogens with one attached hydrogen (secondary N) is 1. The Balaban J connectivity index is 2.05. The van der Waals surface area contributed by atoms with Crippen molar-refractivity contribution in [3.8, 4) is 0 Å². The Labute approximate surface area is 91.1 Å². The molecule has 3 rings (SSSR count). The second-order valence-corrected chi connectivity index (χ2v) is 4.79. The highest BCUT2D eigenvalue weighted by molar-refractivity contribution is 5.22. The fourth-order valence-corrected chi connectivity index (χ4v) is 3.18. The number of hydrogen-bond acceptors (Lipinski definition) is 2. The van der Waals surface area contributed by atoms with Gasteiger partial charge in [0.1, 0.15) is 0 Å². The summed E-state index contributed by atoms with van der Waals surface area (Å²) in [5, 5.41) is 3.46. The summed E-state index contributed by atoms with van der Waals surface area (Å²) < 4.78 is 2.44. The van der Waals surface area contributed by atoms with Crippen LogP contribution in [0.15, 0.2) is 18.3 Å². The zero-order chi connectivity index (χ0) is 10.3. The van der Waals surface area contributed by atoms with Gasteiger partial charge < -0.3 is 9.88 Å². The van der Waals surface area contributed by atoms with Crippen molar-refractivity contribution in [3.05, 3.63) is 24.0 Å². The van der Waals surface area contributed by atoms with Crippen LogP contribution in [0.1, 0.15) is 18.5 Å². The molecule has 0 radical (unpaired) electrons. The van der Waals surface area contributed by atoms with Crippen molar-refractivity contribution in [2.24, 2.45) is 0 Å². The van der Waals surface area contributed by atoms with Crippen molar-refractivity contribution in [1.29, 1.82) is 0 Å². The van der Waals surface area contributed by atoms with Crippen LogP contribution in [0.4, 0.5) is 0 Å². The quantitative estimate of drug-likeness (QED) is 0.682. The molecule has 0 atom stereocenters. The van der Waals surface area contributed by atoms with E-state index in [2.05, 4.69) is 40.2 Å². The Morgan fingerprint density at radius 2 is 2.07 bits per heavy atom. The number of piperidine rings is 1. The largest absolute Gasteiger partial charge is 0.348 e. The van der Waals surface area contributed by atoms with Crippen molar-refractivity contribution in [1.82, 2.24) is 14.8 Å². The molecule has 3 heterocycles. The second kappa shape index (κ2) is 3.35. The first kappa shape index (κ1) is 9.43. The predicted molar refractivity (Wildman–Crippen MR) is 60.8 cm³/mol. The van der Waals surface area contributed by atoms with Crippen LogP contribution in [0.5, 0.6) is 0 Å². The first-order valence-corrected chi connectivity index (χ1v) is 5.90. The number of nitrogens with zero attached hydrogens (tertiary/aromatic N) is 2. The van der Waals surface area contributed by atoms with Crippen LogP contribution < -0.4 is 5.32 Å². The van der Waals surface area contributed by atoms with E-state index < -0.39 is 0 Å². The maximum Gasteiger partial charge on any atom is 0.0635 e. The van der Waals surface area contributed by atoms with Crippen molar-refractivity contribution in [3.63, 3.8) is 0 Å². The average molecular weight is 205 g/mol. The first-order valence-electron chi connectivity index (χ1n) is 5.90. The highest BCUT2D eigenvalue weighted by Gasteiger charge is 2.41. The third-order valence-electron chi connectivity index (χ3n) is 4.14. The summed E-state index contributed by atoms with van der Waals surface area (Å²) in [5.74, 6) is 0. The van der Waals surface area contributed by atoms with E-state index in [0.29, 0.717) is 5.54 Å². The number of rotatable bonds is 0. The number of hydrogen-bond donors (Lipinski definition) is 1. The van der Waals surface area contributed by atoms with E-state index in [-0.39, 0.29) is 0 Å². The van der Waals surface area contributed by atoms with E-state index in [4.69, 9.17) is 0 Å². The molecular formula is C12H19N3. The van der Waals surface area contributed by atoms with Crippen molar-refractivity contribution < 1.29 is 0 Å². The number of fused-ring (bicyclic) bond motifs is 2. The average Bonchev–Trinajstić information content (AvgIpc) is 2.75. The number of likely N-dealkylation sites (N-methyl/N-ethyl adjacent to an activating group) is 1. The lowest BCUT2D eigenvalue weighted by Crippen LogP contribution is -2.55. The lowest BCUT2D eigenvalue weighted by Gasteiger charge is -2.48. The van der Waals surface area contributed by atoms with Gasteiger partial charge in [-0.3, -0.25) is 4.90 Å². The summed E-state index contributed by atoms with van der Waals surface area (Å²) in [4.78, 5) is 2.56. The minimum atomic E-state index is 0.312. The lowest BCUT2D eigenvalue weighted by atomic mass is 9.82. The van der Waals surface area contributed by atoms with Crippen LogP contribution in [0.25, 0.3) is 0 Å². The molecule has 1 aromatic rings. The molecule has 1 N–H and O–H groups in total. The normalized spacial score (nSPS) is 25.4. The molecule has 1 aromatic heterocycles. The molecule has 0 saturated carbocycles. The molecule has 2 aliphatic heterocycles. The van der Waals surface area contributed by atoms with E-state index in [1.807, 2.05) is 0 Å². The van der Waals surface area contributed by atoms with Crippen molar-refractivity contribution >= 4 is 0 Å². The fraction of sp³-hybridized carbons (Fsp3) is 0.667. The lowest BCUT2D eigenvalue weighted by molar-refractivity contribution is 0.0483. The van der Waals surface area contributed by atoms with Gasteiger partial charge in [-0.1, -0.05) is 0 Å². The summed E-state index contributed by atoms with van der Waals surface area (Å²) >= 11 is 0. The van der Waals surface area contributed by atoms with Gasteiger partial charge in [0.15, 0.2) is 0 Å². The molecule has 15 heavy (non-hydrogen) atoms. The minimum Gasteiger partial charge on any atom is -0.348 e. The maximum atomic E-state index is 3.46. The minimum absolute atomic E-state index is 0.312.